The van der Waals surface area contributed by atoms with Crippen LogP contribution in [0.15, 0.2) is 9.59 Å². The molecule has 0 aliphatic rings. The van der Waals surface area contributed by atoms with E-state index in [0.29, 0.717) is 24.2 Å². The van der Waals surface area contributed by atoms with E-state index in [2.05, 4.69) is 11.2 Å². The van der Waals surface area contributed by atoms with Crippen LogP contribution in [0.2, 0.25) is 0 Å². The van der Waals surface area contributed by atoms with Crippen LogP contribution in [0.1, 0.15) is 18.9 Å². The molecule has 1 aromatic rings. The maximum Gasteiger partial charge on any atom is 0.249 e. The van der Waals surface area contributed by atoms with E-state index in [0.717, 1.165) is 6.42 Å². The molecule has 68 valence electrons. The fourth-order valence-electron chi connectivity index (χ4n) is 1.25. The molecule has 1 rings (SSSR count). The Balaban J connectivity index is 2.83. The van der Waals surface area contributed by atoms with Gasteiger partial charge in [0.05, 0.1) is 12.2 Å². The number of terminal acetylenes is 1. The zero-order chi connectivity index (χ0) is 9.84. The third-order valence-corrected chi connectivity index (χ3v) is 1.88. The van der Waals surface area contributed by atoms with E-state index in [-0.39, 0.29) is 5.43 Å². The molecule has 0 heterocycles. The standard InChI is InChI=1S/C10H11NO2/c1-3-5-7-8(11-6-4-2)10(13)9(7)12/h2,11H,3,5-6H2,1H3. The highest BCUT2D eigenvalue weighted by atomic mass is 16.2. The summed E-state index contributed by atoms with van der Waals surface area (Å²) in [7, 11) is 0. The Morgan fingerprint density at radius 2 is 2.08 bits per heavy atom. The molecule has 0 unspecified atom stereocenters. The summed E-state index contributed by atoms with van der Waals surface area (Å²) >= 11 is 0. The normalized spacial score (nSPS) is 9.85. The van der Waals surface area contributed by atoms with Crippen LogP contribution in [0.5, 0.6) is 0 Å². The van der Waals surface area contributed by atoms with E-state index in [1.807, 2.05) is 6.92 Å². The summed E-state index contributed by atoms with van der Waals surface area (Å²) in [6, 6.07) is 0. The lowest BCUT2D eigenvalue weighted by atomic mass is 10.0. The van der Waals surface area contributed by atoms with Gasteiger partial charge in [0.15, 0.2) is 0 Å². The van der Waals surface area contributed by atoms with Gasteiger partial charge in [-0.15, -0.1) is 6.42 Å². The highest BCUT2D eigenvalue weighted by molar-refractivity contribution is 5.56. The maximum absolute atomic E-state index is 11.0. The number of hydrogen-bond donors (Lipinski definition) is 1. The SMILES string of the molecule is C#CCNc1c(CCC)c(=O)c1=O. The maximum atomic E-state index is 11.0. The molecule has 0 radical (unpaired) electrons. The second-order valence-electron chi connectivity index (χ2n) is 2.82. The van der Waals surface area contributed by atoms with Gasteiger partial charge in [-0.25, -0.2) is 0 Å². The summed E-state index contributed by atoms with van der Waals surface area (Å²) in [6.07, 6.45) is 6.53. The minimum Gasteiger partial charge on any atom is -0.371 e. The lowest BCUT2D eigenvalue weighted by Crippen LogP contribution is -2.38. The Kier molecular flexibility index (Phi) is 2.86. The lowest BCUT2D eigenvalue weighted by molar-refractivity contribution is 0.899. The van der Waals surface area contributed by atoms with Crippen molar-refractivity contribution in [3.05, 3.63) is 26.0 Å². The minimum absolute atomic E-state index is 0.293. The summed E-state index contributed by atoms with van der Waals surface area (Å²) in [5, 5.41) is 2.76. The molecule has 0 spiro atoms. The van der Waals surface area contributed by atoms with E-state index >= 15 is 0 Å². The molecule has 3 nitrogen and oxygen atoms in total. The van der Waals surface area contributed by atoms with Gasteiger partial charge in [0.25, 0.3) is 0 Å². The third kappa shape index (κ3) is 1.62. The van der Waals surface area contributed by atoms with Crippen molar-refractivity contribution >= 4 is 5.69 Å². The zero-order valence-corrected chi connectivity index (χ0v) is 7.52. The second kappa shape index (κ2) is 3.90. The molecule has 0 fully saturated rings. The van der Waals surface area contributed by atoms with Gasteiger partial charge in [0, 0.05) is 5.56 Å². The predicted octanol–water partition coefficient (Wildman–Crippen LogP) is 0.280. The van der Waals surface area contributed by atoms with Gasteiger partial charge < -0.3 is 5.32 Å². The van der Waals surface area contributed by atoms with Crippen molar-refractivity contribution in [2.45, 2.75) is 19.8 Å². The van der Waals surface area contributed by atoms with E-state index in [1.54, 1.807) is 0 Å². The zero-order valence-electron chi connectivity index (χ0n) is 7.52. The van der Waals surface area contributed by atoms with Crippen molar-refractivity contribution in [2.24, 2.45) is 0 Å². The van der Waals surface area contributed by atoms with Crippen LogP contribution in [0, 0.1) is 12.3 Å². The molecule has 1 aromatic carbocycles. The van der Waals surface area contributed by atoms with Gasteiger partial charge >= 0.3 is 0 Å². The van der Waals surface area contributed by atoms with Crippen molar-refractivity contribution in [3.8, 4) is 12.3 Å². The summed E-state index contributed by atoms with van der Waals surface area (Å²) in [5.74, 6) is 2.36. The van der Waals surface area contributed by atoms with Crippen LogP contribution in [-0.2, 0) is 6.42 Å². The molecule has 0 atom stereocenters. The monoisotopic (exact) mass is 177 g/mol. The average Bonchev–Trinajstić information content (AvgIpc) is 2.16. The quantitative estimate of drug-likeness (QED) is 0.530. The number of anilines is 1. The molecule has 0 saturated heterocycles. The molecular weight excluding hydrogens is 166 g/mol. The summed E-state index contributed by atoms with van der Waals surface area (Å²) < 4.78 is 0. The topological polar surface area (TPSA) is 46.2 Å². The molecule has 0 aliphatic heterocycles. The molecule has 0 aromatic heterocycles. The first-order chi connectivity index (χ1) is 6.22. The molecule has 0 saturated carbocycles. The molecule has 13 heavy (non-hydrogen) atoms. The molecule has 1 N–H and O–H groups in total. The van der Waals surface area contributed by atoms with Crippen LogP contribution in [0.25, 0.3) is 0 Å². The Hall–Kier alpha value is -1.56. The number of rotatable bonds is 4. The van der Waals surface area contributed by atoms with E-state index in [4.69, 9.17) is 6.42 Å². The van der Waals surface area contributed by atoms with E-state index < -0.39 is 5.43 Å². The first-order valence-electron chi connectivity index (χ1n) is 4.21. The smallest absolute Gasteiger partial charge is 0.249 e. The average molecular weight is 177 g/mol. The molecule has 0 bridgehead atoms. The van der Waals surface area contributed by atoms with Crippen molar-refractivity contribution in [1.29, 1.82) is 0 Å². The molecule has 0 amide bonds. The third-order valence-electron chi connectivity index (χ3n) is 1.88. The van der Waals surface area contributed by atoms with Crippen molar-refractivity contribution < 1.29 is 0 Å². The van der Waals surface area contributed by atoms with E-state index in [9.17, 15) is 9.59 Å². The molecular formula is C10H11NO2. The Morgan fingerprint density at radius 3 is 2.62 bits per heavy atom. The van der Waals surface area contributed by atoms with Gasteiger partial charge in [-0.1, -0.05) is 19.3 Å². The van der Waals surface area contributed by atoms with Gasteiger partial charge in [0.2, 0.25) is 10.9 Å². The molecule has 3 heteroatoms. The summed E-state index contributed by atoms with van der Waals surface area (Å²) in [4.78, 5) is 22.0. The lowest BCUT2D eigenvalue weighted by Gasteiger charge is -2.09. The number of hydrogen-bond acceptors (Lipinski definition) is 3. The minimum atomic E-state index is -0.432. The summed E-state index contributed by atoms with van der Waals surface area (Å²) in [5.41, 5.74) is 0.229. The van der Waals surface area contributed by atoms with Crippen LogP contribution >= 0.6 is 0 Å². The largest absolute Gasteiger partial charge is 0.371 e. The van der Waals surface area contributed by atoms with Crippen molar-refractivity contribution in [2.75, 3.05) is 11.9 Å². The van der Waals surface area contributed by atoms with Gasteiger partial charge in [0.1, 0.15) is 0 Å². The van der Waals surface area contributed by atoms with Gasteiger partial charge in [-0.05, 0) is 6.42 Å². The van der Waals surface area contributed by atoms with Crippen LogP contribution in [0.4, 0.5) is 5.69 Å². The fourth-order valence-corrected chi connectivity index (χ4v) is 1.25. The predicted molar refractivity (Wildman–Crippen MR) is 52.7 cm³/mol. The van der Waals surface area contributed by atoms with Gasteiger partial charge in [-0.2, -0.15) is 0 Å². The van der Waals surface area contributed by atoms with Crippen LogP contribution in [0.3, 0.4) is 0 Å². The first kappa shape index (κ1) is 9.53. The highest BCUT2D eigenvalue weighted by Gasteiger charge is 2.18. The number of nitrogens with one attached hydrogen (secondary N) is 1. The van der Waals surface area contributed by atoms with Crippen molar-refractivity contribution in [3.63, 3.8) is 0 Å². The van der Waals surface area contributed by atoms with E-state index in [1.165, 1.54) is 0 Å². The fraction of sp³-hybridized carbons (Fsp3) is 0.400. The highest BCUT2D eigenvalue weighted by Crippen LogP contribution is 2.09. The summed E-state index contributed by atoms with van der Waals surface area (Å²) in [6.45, 7) is 2.25. The Bertz CT molecular complexity index is 405. The Morgan fingerprint density at radius 1 is 1.38 bits per heavy atom. The Labute approximate surface area is 76.5 Å². The van der Waals surface area contributed by atoms with Crippen molar-refractivity contribution in [1.82, 2.24) is 0 Å². The first-order valence-corrected chi connectivity index (χ1v) is 4.21. The van der Waals surface area contributed by atoms with Gasteiger partial charge in [-0.3, -0.25) is 9.59 Å². The molecule has 0 aliphatic carbocycles. The van der Waals surface area contributed by atoms with Crippen LogP contribution < -0.4 is 16.2 Å². The second-order valence-corrected chi connectivity index (χ2v) is 2.82. The van der Waals surface area contributed by atoms with Crippen LogP contribution in [-0.4, -0.2) is 6.54 Å².